The number of halogens is 1. The Morgan fingerprint density at radius 3 is 2.79 bits per heavy atom. The van der Waals surface area contributed by atoms with E-state index in [2.05, 4.69) is 47.0 Å². The van der Waals surface area contributed by atoms with E-state index < -0.39 is 0 Å². The minimum absolute atomic E-state index is 0.438. The van der Waals surface area contributed by atoms with E-state index in [1.54, 1.807) is 0 Å². The fraction of sp³-hybridized carbons (Fsp3) is 0.250. The van der Waals surface area contributed by atoms with Gasteiger partial charge in [0.1, 0.15) is 0 Å². The topological polar surface area (TPSA) is 24.1 Å². The van der Waals surface area contributed by atoms with E-state index in [0.717, 1.165) is 24.5 Å². The van der Waals surface area contributed by atoms with Crippen LogP contribution in [0.3, 0.4) is 0 Å². The summed E-state index contributed by atoms with van der Waals surface area (Å²) in [5.74, 6) is 0. The van der Waals surface area contributed by atoms with Gasteiger partial charge in [-0.3, -0.25) is 0 Å². The van der Waals surface area contributed by atoms with Gasteiger partial charge in [-0.05, 0) is 35.7 Å². The molecule has 0 spiro atoms. The molecular formula is C16H17ClN2. The molecule has 3 heteroatoms. The molecule has 0 radical (unpaired) electrons. The number of rotatable bonds is 2. The standard InChI is InChI=1S/C16H17ClN2/c17-14-6-7-16-13(9-14)10-18-15(11-19-16)8-12-4-2-1-3-5-12/h1-7,9,15,18-19H,8,10-11H2. The fourth-order valence-electron chi connectivity index (χ4n) is 2.48. The van der Waals surface area contributed by atoms with Crippen molar-refractivity contribution in [2.45, 2.75) is 19.0 Å². The average molecular weight is 273 g/mol. The monoisotopic (exact) mass is 272 g/mol. The summed E-state index contributed by atoms with van der Waals surface area (Å²) in [7, 11) is 0. The highest BCUT2D eigenvalue weighted by atomic mass is 35.5. The van der Waals surface area contributed by atoms with Gasteiger partial charge in [-0.15, -0.1) is 0 Å². The van der Waals surface area contributed by atoms with Crippen LogP contribution < -0.4 is 10.6 Å². The maximum atomic E-state index is 6.04. The second-order valence-electron chi connectivity index (χ2n) is 4.95. The van der Waals surface area contributed by atoms with Gasteiger partial charge in [0.2, 0.25) is 0 Å². The molecule has 3 rings (SSSR count). The van der Waals surface area contributed by atoms with Crippen LogP contribution in [0, 0.1) is 0 Å². The molecule has 1 aliphatic heterocycles. The lowest BCUT2D eigenvalue weighted by Crippen LogP contribution is -2.34. The maximum Gasteiger partial charge on any atom is 0.0410 e. The molecule has 2 N–H and O–H groups in total. The minimum atomic E-state index is 0.438. The zero-order valence-electron chi connectivity index (χ0n) is 10.7. The lowest BCUT2D eigenvalue weighted by Gasteiger charge is -2.15. The quantitative estimate of drug-likeness (QED) is 0.875. The predicted molar refractivity (Wildman–Crippen MR) is 80.7 cm³/mol. The molecular weight excluding hydrogens is 256 g/mol. The number of benzene rings is 2. The van der Waals surface area contributed by atoms with Crippen molar-refractivity contribution < 1.29 is 0 Å². The smallest absolute Gasteiger partial charge is 0.0410 e. The Morgan fingerprint density at radius 1 is 1.11 bits per heavy atom. The van der Waals surface area contributed by atoms with E-state index in [9.17, 15) is 0 Å². The van der Waals surface area contributed by atoms with Crippen LogP contribution in [-0.4, -0.2) is 12.6 Å². The van der Waals surface area contributed by atoms with Crippen molar-refractivity contribution in [2.75, 3.05) is 11.9 Å². The summed E-state index contributed by atoms with van der Waals surface area (Å²) in [6, 6.07) is 17.1. The molecule has 0 bridgehead atoms. The first kappa shape index (κ1) is 12.5. The van der Waals surface area contributed by atoms with Crippen LogP contribution >= 0.6 is 11.6 Å². The Balaban J connectivity index is 1.70. The first-order valence-electron chi connectivity index (χ1n) is 6.61. The molecule has 0 aliphatic carbocycles. The minimum Gasteiger partial charge on any atom is -0.383 e. The van der Waals surface area contributed by atoms with Crippen molar-refractivity contribution in [3.05, 3.63) is 64.7 Å². The van der Waals surface area contributed by atoms with Crippen molar-refractivity contribution in [3.63, 3.8) is 0 Å². The molecule has 1 atom stereocenters. The molecule has 0 saturated heterocycles. The van der Waals surface area contributed by atoms with E-state index >= 15 is 0 Å². The van der Waals surface area contributed by atoms with Crippen molar-refractivity contribution in [1.82, 2.24) is 5.32 Å². The van der Waals surface area contributed by atoms with Crippen LogP contribution in [-0.2, 0) is 13.0 Å². The van der Waals surface area contributed by atoms with Crippen LogP contribution in [0.5, 0.6) is 0 Å². The number of hydrogen-bond donors (Lipinski definition) is 2. The second kappa shape index (κ2) is 5.64. The van der Waals surface area contributed by atoms with Crippen LogP contribution in [0.4, 0.5) is 5.69 Å². The fourth-order valence-corrected chi connectivity index (χ4v) is 2.68. The Bertz CT molecular complexity index is 554. The van der Waals surface area contributed by atoms with Crippen LogP contribution in [0.2, 0.25) is 5.02 Å². The van der Waals surface area contributed by atoms with E-state index in [4.69, 9.17) is 11.6 Å². The predicted octanol–water partition coefficient (Wildman–Crippen LogP) is 3.47. The first-order chi connectivity index (χ1) is 9.31. The third kappa shape index (κ3) is 3.09. The van der Waals surface area contributed by atoms with Crippen molar-refractivity contribution >= 4 is 17.3 Å². The summed E-state index contributed by atoms with van der Waals surface area (Å²) in [6.45, 7) is 1.80. The molecule has 1 unspecified atom stereocenters. The lowest BCUT2D eigenvalue weighted by atomic mass is 10.1. The highest BCUT2D eigenvalue weighted by Crippen LogP contribution is 2.22. The van der Waals surface area contributed by atoms with Crippen molar-refractivity contribution in [2.24, 2.45) is 0 Å². The number of hydrogen-bond acceptors (Lipinski definition) is 2. The highest BCUT2D eigenvalue weighted by molar-refractivity contribution is 6.30. The zero-order chi connectivity index (χ0) is 13.1. The van der Waals surface area contributed by atoms with Gasteiger partial charge in [0.05, 0.1) is 0 Å². The molecule has 0 saturated carbocycles. The number of anilines is 1. The van der Waals surface area contributed by atoms with Crippen LogP contribution in [0.1, 0.15) is 11.1 Å². The van der Waals surface area contributed by atoms with Gasteiger partial charge in [-0.1, -0.05) is 41.9 Å². The highest BCUT2D eigenvalue weighted by Gasteiger charge is 2.15. The Kier molecular flexibility index (Phi) is 3.72. The summed E-state index contributed by atoms with van der Waals surface area (Å²) >= 11 is 6.04. The summed E-state index contributed by atoms with van der Waals surface area (Å²) in [5.41, 5.74) is 3.79. The maximum absolute atomic E-state index is 6.04. The molecule has 2 aromatic rings. The summed E-state index contributed by atoms with van der Waals surface area (Å²) in [4.78, 5) is 0. The molecule has 0 amide bonds. The average Bonchev–Trinajstić information content (AvgIpc) is 2.63. The Hall–Kier alpha value is -1.51. The van der Waals surface area contributed by atoms with Crippen LogP contribution in [0.25, 0.3) is 0 Å². The second-order valence-corrected chi connectivity index (χ2v) is 5.39. The third-order valence-corrected chi connectivity index (χ3v) is 3.75. The lowest BCUT2D eigenvalue weighted by molar-refractivity contribution is 0.537. The van der Waals surface area contributed by atoms with E-state index in [1.807, 2.05) is 12.1 Å². The summed E-state index contributed by atoms with van der Waals surface area (Å²) in [5, 5.41) is 7.89. The van der Waals surface area contributed by atoms with E-state index in [1.165, 1.54) is 16.8 Å². The Labute approximate surface area is 118 Å². The SMILES string of the molecule is Clc1ccc2c(c1)CNC(Cc1ccccc1)CN2. The van der Waals surface area contributed by atoms with Gasteiger partial charge in [-0.25, -0.2) is 0 Å². The van der Waals surface area contributed by atoms with Gasteiger partial charge >= 0.3 is 0 Å². The van der Waals surface area contributed by atoms with Gasteiger partial charge in [0, 0.05) is 29.8 Å². The molecule has 19 heavy (non-hydrogen) atoms. The van der Waals surface area contributed by atoms with Gasteiger partial charge in [-0.2, -0.15) is 0 Å². The molecule has 2 aromatic carbocycles. The van der Waals surface area contributed by atoms with Crippen molar-refractivity contribution in [3.8, 4) is 0 Å². The van der Waals surface area contributed by atoms with Gasteiger partial charge in [0.25, 0.3) is 0 Å². The van der Waals surface area contributed by atoms with E-state index in [0.29, 0.717) is 6.04 Å². The molecule has 2 nitrogen and oxygen atoms in total. The van der Waals surface area contributed by atoms with E-state index in [-0.39, 0.29) is 0 Å². The molecule has 0 aromatic heterocycles. The molecule has 1 heterocycles. The number of fused-ring (bicyclic) bond motifs is 1. The third-order valence-electron chi connectivity index (χ3n) is 3.51. The first-order valence-corrected chi connectivity index (χ1v) is 6.99. The Morgan fingerprint density at radius 2 is 1.95 bits per heavy atom. The largest absolute Gasteiger partial charge is 0.383 e. The van der Waals surface area contributed by atoms with Gasteiger partial charge in [0.15, 0.2) is 0 Å². The summed E-state index contributed by atoms with van der Waals surface area (Å²) < 4.78 is 0. The molecule has 0 fully saturated rings. The zero-order valence-corrected chi connectivity index (χ0v) is 11.5. The molecule has 1 aliphatic rings. The van der Waals surface area contributed by atoms with Gasteiger partial charge < -0.3 is 10.6 Å². The molecule has 98 valence electrons. The summed E-state index contributed by atoms with van der Waals surface area (Å²) in [6.07, 6.45) is 1.04. The number of nitrogens with one attached hydrogen (secondary N) is 2. The van der Waals surface area contributed by atoms with Crippen molar-refractivity contribution in [1.29, 1.82) is 0 Å². The van der Waals surface area contributed by atoms with Crippen LogP contribution in [0.15, 0.2) is 48.5 Å². The normalized spacial score (nSPS) is 18.3.